The largest absolute Gasteiger partial charge is 0.335 e. The minimum absolute atomic E-state index is 0.0349. The van der Waals surface area contributed by atoms with Gasteiger partial charge in [-0.25, -0.2) is 0 Å². The molecule has 1 saturated heterocycles. The second kappa shape index (κ2) is 6.77. The smallest absolute Gasteiger partial charge is 0.267 e. The maximum Gasteiger partial charge on any atom is 0.267 e. The van der Waals surface area contributed by atoms with Crippen LogP contribution in [0.3, 0.4) is 0 Å². The van der Waals surface area contributed by atoms with Crippen molar-refractivity contribution in [3.63, 3.8) is 0 Å². The Morgan fingerprint density at radius 2 is 2.15 bits per heavy atom. The number of nitrogens with zero attached hydrogens (tertiary/aromatic N) is 5. The maximum absolute atomic E-state index is 12.5. The van der Waals surface area contributed by atoms with Crippen LogP contribution in [-0.2, 0) is 6.42 Å². The molecule has 20 heavy (non-hydrogen) atoms. The topological polar surface area (TPSA) is 73.1 Å². The zero-order chi connectivity index (χ0) is 14.5. The van der Waals surface area contributed by atoms with Gasteiger partial charge in [0.2, 0.25) is 0 Å². The third-order valence-corrected chi connectivity index (χ3v) is 4.33. The van der Waals surface area contributed by atoms with E-state index in [0.29, 0.717) is 18.0 Å². The molecule has 2 heterocycles. The summed E-state index contributed by atoms with van der Waals surface area (Å²) in [5.74, 6) is 0.0349. The summed E-state index contributed by atoms with van der Waals surface area (Å²) < 4.78 is 3.90. The third-order valence-electron chi connectivity index (χ3n) is 3.57. The number of amides is 1. The van der Waals surface area contributed by atoms with Crippen molar-refractivity contribution in [2.45, 2.75) is 32.7 Å². The Hall–Kier alpha value is -1.52. The molecule has 1 aliphatic heterocycles. The van der Waals surface area contributed by atoms with Gasteiger partial charge in [0.25, 0.3) is 5.91 Å². The van der Waals surface area contributed by atoms with Crippen LogP contribution >= 0.6 is 11.5 Å². The minimum Gasteiger partial charge on any atom is -0.335 e. The molecule has 1 aliphatic rings. The highest BCUT2D eigenvalue weighted by atomic mass is 32.1. The number of rotatable bonds is 4. The van der Waals surface area contributed by atoms with Gasteiger partial charge in [-0.15, -0.1) is 5.10 Å². The Balaban J connectivity index is 1.98. The predicted octanol–water partition coefficient (Wildman–Crippen LogP) is 1.16. The number of carbonyl (C=O) groups excluding carboxylic acids is 1. The van der Waals surface area contributed by atoms with Gasteiger partial charge in [0.1, 0.15) is 4.88 Å². The second-order valence-electron chi connectivity index (χ2n) is 4.93. The van der Waals surface area contributed by atoms with Crippen LogP contribution in [0, 0.1) is 11.3 Å². The molecule has 1 amide bonds. The van der Waals surface area contributed by atoms with Crippen molar-refractivity contribution < 1.29 is 4.79 Å². The van der Waals surface area contributed by atoms with E-state index in [4.69, 9.17) is 5.26 Å². The number of nitriles is 1. The zero-order valence-corrected chi connectivity index (χ0v) is 12.7. The first kappa shape index (κ1) is 14.9. The highest BCUT2D eigenvalue weighted by molar-refractivity contribution is 7.08. The van der Waals surface area contributed by atoms with E-state index in [-0.39, 0.29) is 11.9 Å². The molecule has 0 aromatic carbocycles. The maximum atomic E-state index is 12.5. The number of hydrogen-bond acceptors (Lipinski definition) is 6. The fourth-order valence-corrected chi connectivity index (χ4v) is 2.99. The van der Waals surface area contributed by atoms with Gasteiger partial charge >= 0.3 is 0 Å². The summed E-state index contributed by atoms with van der Waals surface area (Å²) >= 11 is 1.18. The van der Waals surface area contributed by atoms with Crippen LogP contribution in [0.5, 0.6) is 0 Å². The predicted molar refractivity (Wildman–Crippen MR) is 76.5 cm³/mol. The Bertz CT molecular complexity index is 501. The van der Waals surface area contributed by atoms with Crippen LogP contribution in [-0.4, -0.2) is 57.5 Å². The Morgan fingerprint density at radius 3 is 2.75 bits per heavy atom. The van der Waals surface area contributed by atoms with Gasteiger partial charge in [0, 0.05) is 26.2 Å². The summed E-state index contributed by atoms with van der Waals surface area (Å²) in [5, 5.41) is 13.0. The molecule has 6 nitrogen and oxygen atoms in total. The van der Waals surface area contributed by atoms with Gasteiger partial charge in [-0.05, 0) is 24.9 Å². The molecule has 1 atom stereocenters. The van der Waals surface area contributed by atoms with Crippen LogP contribution < -0.4 is 0 Å². The average Bonchev–Trinajstić information content (AvgIpc) is 2.94. The Morgan fingerprint density at radius 1 is 1.45 bits per heavy atom. The fraction of sp³-hybridized carbons (Fsp3) is 0.692. The van der Waals surface area contributed by atoms with Crippen molar-refractivity contribution in [1.29, 1.82) is 5.26 Å². The molecule has 2 rings (SSSR count). The normalized spacial score (nSPS) is 17.8. The minimum atomic E-state index is -0.0898. The van der Waals surface area contributed by atoms with Gasteiger partial charge in [0.15, 0.2) is 0 Å². The number of carbonyl (C=O) groups is 1. The summed E-state index contributed by atoms with van der Waals surface area (Å²) in [5.41, 5.74) is 0.815. The first-order valence-electron chi connectivity index (χ1n) is 6.91. The van der Waals surface area contributed by atoms with E-state index in [1.54, 1.807) is 0 Å². The molecule has 0 radical (unpaired) electrons. The van der Waals surface area contributed by atoms with Crippen LogP contribution in [0.2, 0.25) is 0 Å². The first-order chi connectivity index (χ1) is 9.67. The molecule has 1 aromatic heterocycles. The van der Waals surface area contributed by atoms with Crippen molar-refractivity contribution in [1.82, 2.24) is 19.4 Å². The van der Waals surface area contributed by atoms with E-state index in [1.807, 2.05) is 11.8 Å². The van der Waals surface area contributed by atoms with E-state index < -0.39 is 0 Å². The van der Waals surface area contributed by atoms with Crippen LogP contribution in [0.4, 0.5) is 0 Å². The van der Waals surface area contributed by atoms with Gasteiger partial charge < -0.3 is 4.90 Å². The number of hydrogen-bond donors (Lipinski definition) is 0. The van der Waals surface area contributed by atoms with E-state index in [1.165, 1.54) is 11.5 Å². The summed E-state index contributed by atoms with van der Waals surface area (Å²) in [6.07, 6.45) is 1.75. The van der Waals surface area contributed by atoms with E-state index >= 15 is 0 Å². The van der Waals surface area contributed by atoms with Crippen LogP contribution in [0.25, 0.3) is 0 Å². The molecular weight excluding hydrogens is 274 g/mol. The Kier molecular flexibility index (Phi) is 5.04. The summed E-state index contributed by atoms with van der Waals surface area (Å²) in [7, 11) is 0. The SMILES string of the molecule is CCCc1nnsc1C(=O)N1CCN(C(C)C#N)CC1. The van der Waals surface area contributed by atoms with E-state index in [2.05, 4.69) is 27.5 Å². The summed E-state index contributed by atoms with van der Waals surface area (Å²) in [6, 6.07) is 2.15. The monoisotopic (exact) mass is 293 g/mol. The zero-order valence-electron chi connectivity index (χ0n) is 11.9. The summed E-state index contributed by atoms with van der Waals surface area (Å²) in [4.78, 5) is 17.1. The first-order valence-corrected chi connectivity index (χ1v) is 7.68. The molecule has 0 saturated carbocycles. The Labute approximate surface area is 123 Å². The highest BCUT2D eigenvalue weighted by Gasteiger charge is 2.27. The fourth-order valence-electron chi connectivity index (χ4n) is 2.31. The van der Waals surface area contributed by atoms with Gasteiger partial charge in [-0.3, -0.25) is 9.69 Å². The van der Waals surface area contributed by atoms with Crippen molar-refractivity contribution in [2.75, 3.05) is 26.2 Å². The summed E-state index contributed by atoms with van der Waals surface area (Å²) in [6.45, 7) is 6.77. The molecule has 1 fully saturated rings. The quantitative estimate of drug-likeness (QED) is 0.833. The third kappa shape index (κ3) is 3.14. The molecule has 0 spiro atoms. The number of aryl methyl sites for hydroxylation is 1. The molecule has 1 aromatic rings. The molecule has 0 aliphatic carbocycles. The molecular formula is C13H19N5OS. The van der Waals surface area contributed by atoms with Crippen molar-refractivity contribution in [3.8, 4) is 6.07 Å². The van der Waals surface area contributed by atoms with Crippen molar-refractivity contribution in [2.24, 2.45) is 0 Å². The molecule has 108 valence electrons. The molecule has 7 heteroatoms. The lowest BCUT2D eigenvalue weighted by Gasteiger charge is -2.35. The van der Waals surface area contributed by atoms with Gasteiger partial charge in [-0.2, -0.15) is 5.26 Å². The van der Waals surface area contributed by atoms with Crippen LogP contribution in [0.1, 0.15) is 35.6 Å². The van der Waals surface area contributed by atoms with E-state index in [0.717, 1.165) is 31.6 Å². The van der Waals surface area contributed by atoms with Crippen LogP contribution in [0.15, 0.2) is 0 Å². The molecule has 0 bridgehead atoms. The number of aromatic nitrogens is 2. The second-order valence-corrected chi connectivity index (χ2v) is 5.69. The number of piperazine rings is 1. The standard InChI is InChI=1S/C13H19N5OS/c1-3-4-11-12(20-16-15-11)13(19)18-7-5-17(6-8-18)10(2)9-14/h10H,3-8H2,1-2H3. The highest BCUT2D eigenvalue weighted by Crippen LogP contribution is 2.17. The lowest BCUT2D eigenvalue weighted by molar-refractivity contribution is 0.0619. The van der Waals surface area contributed by atoms with Crippen molar-refractivity contribution >= 4 is 17.4 Å². The lowest BCUT2D eigenvalue weighted by atomic mass is 10.2. The van der Waals surface area contributed by atoms with E-state index in [9.17, 15) is 4.79 Å². The average molecular weight is 293 g/mol. The van der Waals surface area contributed by atoms with Gasteiger partial charge in [-0.1, -0.05) is 17.8 Å². The van der Waals surface area contributed by atoms with Gasteiger partial charge in [0.05, 0.1) is 17.8 Å². The molecule has 1 unspecified atom stereocenters. The lowest BCUT2D eigenvalue weighted by Crippen LogP contribution is -2.51. The van der Waals surface area contributed by atoms with Crippen molar-refractivity contribution in [3.05, 3.63) is 10.6 Å². The molecule has 0 N–H and O–H groups in total.